The zero-order chi connectivity index (χ0) is 33.0. The number of carbonyl (C=O) groups excluding carboxylic acids is 1. The van der Waals surface area contributed by atoms with Gasteiger partial charge in [0, 0.05) is 70.8 Å². The Morgan fingerprint density at radius 1 is 1.08 bits per heavy atom. The summed E-state index contributed by atoms with van der Waals surface area (Å²) in [6, 6.07) is 17.5. The molecule has 11 heteroatoms. The van der Waals surface area contributed by atoms with E-state index in [1.165, 1.54) is 0 Å². The summed E-state index contributed by atoms with van der Waals surface area (Å²) < 4.78 is 8.73. The zero-order valence-electron chi connectivity index (χ0n) is 27.0. The van der Waals surface area contributed by atoms with E-state index in [2.05, 4.69) is 48.0 Å². The van der Waals surface area contributed by atoms with Crippen LogP contribution in [0.4, 0.5) is 17.5 Å². The van der Waals surface area contributed by atoms with Crippen molar-refractivity contribution in [2.45, 2.75) is 12.8 Å². The molecule has 0 bridgehead atoms. The molecule has 0 atom stereocenters. The maximum absolute atomic E-state index is 13.3. The van der Waals surface area contributed by atoms with Gasteiger partial charge < -0.3 is 25.7 Å². The van der Waals surface area contributed by atoms with E-state index in [9.17, 15) is 4.79 Å². The number of anilines is 3. The van der Waals surface area contributed by atoms with E-state index >= 15 is 0 Å². The first-order chi connectivity index (χ1) is 23.5. The number of nitrogens with one attached hydrogen (secondary N) is 2. The van der Waals surface area contributed by atoms with Crippen LogP contribution in [-0.2, 0) is 7.05 Å². The van der Waals surface area contributed by atoms with Crippen LogP contribution >= 0.6 is 11.3 Å². The molecule has 0 saturated carbocycles. The van der Waals surface area contributed by atoms with Gasteiger partial charge in [0.1, 0.15) is 17.3 Å². The lowest BCUT2D eigenvalue weighted by molar-refractivity contribution is 0.101. The number of ether oxygens (including phenoxy) is 1. The maximum Gasteiger partial charge on any atom is 0.272 e. The lowest BCUT2D eigenvalue weighted by Crippen LogP contribution is -2.36. The van der Waals surface area contributed by atoms with Crippen molar-refractivity contribution in [1.29, 1.82) is 0 Å². The molecular weight excluding hydrogens is 621 g/mol. The van der Waals surface area contributed by atoms with E-state index < -0.39 is 0 Å². The number of likely N-dealkylation sites (tertiary alicyclic amines) is 1. The van der Waals surface area contributed by atoms with E-state index in [4.69, 9.17) is 10.5 Å². The number of amides is 1. The third kappa shape index (κ3) is 6.47. The van der Waals surface area contributed by atoms with Gasteiger partial charge in [0.05, 0.1) is 12.8 Å². The van der Waals surface area contributed by atoms with Gasteiger partial charge in [-0.2, -0.15) is 0 Å². The first-order valence-corrected chi connectivity index (χ1v) is 17.0. The normalized spacial score (nSPS) is 14.2. The summed E-state index contributed by atoms with van der Waals surface area (Å²) in [5, 5.41) is 10.4. The van der Waals surface area contributed by atoms with Gasteiger partial charge in [-0.1, -0.05) is 36.4 Å². The third-order valence-corrected chi connectivity index (χ3v) is 10.1. The van der Waals surface area contributed by atoms with Crippen molar-refractivity contribution in [1.82, 2.24) is 24.4 Å². The van der Waals surface area contributed by atoms with Crippen LogP contribution in [0.3, 0.4) is 0 Å². The van der Waals surface area contributed by atoms with Crippen molar-refractivity contribution < 1.29 is 9.53 Å². The van der Waals surface area contributed by atoms with Gasteiger partial charge in [-0.15, -0.1) is 11.3 Å². The van der Waals surface area contributed by atoms with Crippen molar-refractivity contribution in [2.24, 2.45) is 13.0 Å². The number of hydrogen-bond acceptors (Lipinski definition) is 9. The molecule has 1 aliphatic rings. The van der Waals surface area contributed by atoms with Gasteiger partial charge >= 0.3 is 0 Å². The molecule has 6 aromatic rings. The molecule has 0 radical (unpaired) electrons. The van der Waals surface area contributed by atoms with Crippen molar-refractivity contribution in [2.75, 3.05) is 49.7 Å². The summed E-state index contributed by atoms with van der Waals surface area (Å²) >= 11 is 1.65. The fourth-order valence-electron chi connectivity index (χ4n) is 6.40. The quantitative estimate of drug-likeness (QED) is 0.145. The molecule has 1 aliphatic heterocycles. The van der Waals surface area contributed by atoms with Gasteiger partial charge in [0.15, 0.2) is 0 Å². The Balaban J connectivity index is 1.03. The average molecular weight is 659 g/mol. The minimum Gasteiger partial charge on any atom is -0.495 e. The number of rotatable bonds is 10. The largest absolute Gasteiger partial charge is 0.495 e. The molecule has 1 fully saturated rings. The predicted octanol–water partition coefficient (Wildman–Crippen LogP) is 6.93. The Hall–Kier alpha value is -5.26. The molecule has 244 valence electrons. The highest BCUT2D eigenvalue weighted by Crippen LogP contribution is 2.41. The zero-order valence-corrected chi connectivity index (χ0v) is 27.8. The van der Waals surface area contributed by atoms with Crippen LogP contribution in [0.25, 0.3) is 38.2 Å². The molecule has 7 rings (SSSR count). The highest BCUT2D eigenvalue weighted by Gasteiger charge is 2.20. The van der Waals surface area contributed by atoms with Crippen molar-refractivity contribution >= 4 is 61.8 Å². The van der Waals surface area contributed by atoms with Gasteiger partial charge in [-0.3, -0.25) is 9.69 Å². The van der Waals surface area contributed by atoms with Crippen LogP contribution in [0.1, 0.15) is 28.9 Å². The van der Waals surface area contributed by atoms with Crippen LogP contribution in [0.2, 0.25) is 0 Å². The van der Waals surface area contributed by atoms with E-state index in [1.807, 2.05) is 72.4 Å². The summed E-state index contributed by atoms with van der Waals surface area (Å²) in [5.74, 6) is 2.16. The first-order valence-electron chi connectivity index (χ1n) is 16.1. The number of thiophene rings is 1. The minimum absolute atomic E-state index is 0.204. The number of methoxy groups -OCH3 is 1. The Labute approximate surface area is 283 Å². The third-order valence-electron chi connectivity index (χ3n) is 9.08. The fourth-order valence-corrected chi connectivity index (χ4v) is 7.48. The molecule has 2 aromatic carbocycles. The predicted molar refractivity (Wildman–Crippen MR) is 196 cm³/mol. The van der Waals surface area contributed by atoms with Crippen LogP contribution in [0.5, 0.6) is 5.75 Å². The SMILES string of the molecule is COc1cc(-c2csc3c(/C=C/CN4CCC(CNc5ncccn5)CC4)cnc(N)c23)ccc1NC(=O)c1cc2ccccc2n1C. The summed E-state index contributed by atoms with van der Waals surface area (Å²) in [6.07, 6.45) is 12.0. The van der Waals surface area contributed by atoms with Crippen LogP contribution in [-0.4, -0.2) is 63.6 Å². The molecule has 4 N–H and O–H groups in total. The molecule has 10 nitrogen and oxygen atoms in total. The van der Waals surface area contributed by atoms with E-state index in [0.717, 1.165) is 76.7 Å². The minimum atomic E-state index is -0.204. The van der Waals surface area contributed by atoms with Gasteiger partial charge in [0.25, 0.3) is 5.91 Å². The van der Waals surface area contributed by atoms with Crippen LogP contribution in [0.15, 0.2) is 84.6 Å². The van der Waals surface area contributed by atoms with E-state index in [1.54, 1.807) is 30.8 Å². The number of benzene rings is 2. The summed E-state index contributed by atoms with van der Waals surface area (Å²) in [6.45, 7) is 3.91. The lowest BCUT2D eigenvalue weighted by Gasteiger charge is -2.31. The van der Waals surface area contributed by atoms with Gasteiger partial charge in [-0.05, 0) is 73.1 Å². The standard InChI is InChI=1S/C37H38N8O2S/c1-44-30-9-4-3-7-26(30)19-31(44)36(46)43-29-11-10-25(20-32(29)47-2)28-23-48-34-27(22-41-35(38)33(28)34)8-5-16-45-17-12-24(13-18-45)21-42-37-39-14-6-15-40-37/h3-11,14-15,19-20,22-24H,12-13,16-18,21H2,1-2H3,(H2,38,41)(H,43,46)(H,39,40,42)/b8-5+. The molecule has 1 saturated heterocycles. The fraction of sp³-hybridized carbons (Fsp3) is 0.243. The number of pyridine rings is 1. The second kappa shape index (κ2) is 13.8. The van der Waals surface area contributed by atoms with E-state index in [0.29, 0.717) is 34.8 Å². The van der Waals surface area contributed by atoms with Crippen molar-refractivity contribution in [3.8, 4) is 16.9 Å². The van der Waals surface area contributed by atoms with Crippen LogP contribution < -0.4 is 21.1 Å². The summed E-state index contributed by atoms with van der Waals surface area (Å²) in [5.41, 5.74) is 11.6. The number of nitrogens with zero attached hydrogens (tertiary/aromatic N) is 5. The molecule has 4 aromatic heterocycles. The number of aryl methyl sites for hydroxylation is 1. The molecular formula is C37H38N8O2S. The van der Waals surface area contributed by atoms with Crippen molar-refractivity contribution in [3.05, 3.63) is 95.9 Å². The molecule has 5 heterocycles. The molecule has 48 heavy (non-hydrogen) atoms. The second-order valence-electron chi connectivity index (χ2n) is 12.1. The number of piperidine rings is 1. The Morgan fingerprint density at radius 2 is 1.90 bits per heavy atom. The lowest BCUT2D eigenvalue weighted by atomic mass is 9.97. The van der Waals surface area contributed by atoms with Crippen LogP contribution in [0, 0.1) is 5.92 Å². The van der Waals surface area contributed by atoms with E-state index in [-0.39, 0.29) is 5.91 Å². The molecule has 0 unspecified atom stereocenters. The molecule has 0 spiro atoms. The Kier molecular flexibility index (Phi) is 9.04. The smallest absolute Gasteiger partial charge is 0.272 e. The first kappa shape index (κ1) is 31.3. The van der Waals surface area contributed by atoms with Gasteiger partial charge in [-0.25, -0.2) is 15.0 Å². The summed E-state index contributed by atoms with van der Waals surface area (Å²) in [4.78, 5) is 28.9. The Morgan fingerprint density at radius 3 is 2.69 bits per heavy atom. The summed E-state index contributed by atoms with van der Waals surface area (Å²) in [7, 11) is 3.50. The number of aromatic nitrogens is 4. The number of hydrogen-bond donors (Lipinski definition) is 3. The number of fused-ring (bicyclic) bond motifs is 2. The van der Waals surface area contributed by atoms with Crippen molar-refractivity contribution in [3.63, 3.8) is 0 Å². The number of carbonyl (C=O) groups is 1. The average Bonchev–Trinajstić information content (AvgIpc) is 3.72. The van der Waals surface area contributed by atoms with Gasteiger partial charge in [0.2, 0.25) is 5.95 Å². The molecule has 1 amide bonds. The highest BCUT2D eigenvalue weighted by atomic mass is 32.1. The second-order valence-corrected chi connectivity index (χ2v) is 12.9. The number of nitrogens with two attached hydrogens (primary N) is 1. The molecule has 0 aliphatic carbocycles. The Bertz CT molecular complexity index is 2100. The topological polar surface area (TPSA) is 123 Å². The number of nitrogen functional groups attached to an aromatic ring is 1. The maximum atomic E-state index is 13.3. The monoisotopic (exact) mass is 658 g/mol. The highest BCUT2D eigenvalue weighted by molar-refractivity contribution is 7.18. The number of para-hydroxylation sites is 1.